The van der Waals surface area contributed by atoms with Crippen LogP contribution in [0.15, 0.2) is 71.5 Å². The Morgan fingerprint density at radius 1 is 0.824 bits per heavy atom. The van der Waals surface area contributed by atoms with Crippen LogP contribution in [0.2, 0.25) is 0 Å². The summed E-state index contributed by atoms with van der Waals surface area (Å²) < 4.78 is 5.35. The number of furan rings is 1. The lowest BCUT2D eigenvalue weighted by Gasteiger charge is -2.02. The summed E-state index contributed by atoms with van der Waals surface area (Å²) in [7, 11) is 0. The molecule has 0 atom stereocenters. The van der Waals surface area contributed by atoms with Crippen molar-refractivity contribution in [1.82, 2.24) is 4.98 Å². The topological polar surface area (TPSA) is 26.0 Å². The summed E-state index contributed by atoms with van der Waals surface area (Å²) in [5, 5.41) is 0. The van der Waals surface area contributed by atoms with Crippen LogP contribution in [0.1, 0.15) is 0 Å². The van der Waals surface area contributed by atoms with Crippen LogP contribution in [0, 0.1) is 0 Å². The zero-order chi connectivity index (χ0) is 11.5. The van der Waals surface area contributed by atoms with Gasteiger partial charge in [-0.3, -0.25) is 4.98 Å². The van der Waals surface area contributed by atoms with Gasteiger partial charge in [0.1, 0.15) is 5.69 Å². The number of hydrogen-bond acceptors (Lipinski definition) is 2. The number of hydrogen-bond donors (Lipinski definition) is 0. The lowest BCUT2D eigenvalue weighted by atomic mass is 10.1. The van der Waals surface area contributed by atoms with Gasteiger partial charge in [-0.1, -0.05) is 30.3 Å². The Kier molecular flexibility index (Phi) is 2.47. The monoisotopic (exact) mass is 221 g/mol. The molecule has 0 amide bonds. The van der Waals surface area contributed by atoms with Crippen LogP contribution in [0.3, 0.4) is 0 Å². The fourth-order valence-corrected chi connectivity index (χ4v) is 1.80. The van der Waals surface area contributed by atoms with Gasteiger partial charge in [0.05, 0.1) is 6.26 Å². The molecule has 0 spiro atoms. The van der Waals surface area contributed by atoms with E-state index in [1.807, 2.05) is 42.5 Å². The van der Waals surface area contributed by atoms with Crippen molar-refractivity contribution < 1.29 is 4.42 Å². The van der Waals surface area contributed by atoms with Crippen LogP contribution in [0.4, 0.5) is 0 Å². The average Bonchev–Trinajstić information content (AvgIpc) is 2.94. The normalized spacial score (nSPS) is 10.4. The Morgan fingerprint density at radius 3 is 2.47 bits per heavy atom. The highest BCUT2D eigenvalue weighted by Crippen LogP contribution is 2.24. The summed E-state index contributed by atoms with van der Waals surface area (Å²) in [4.78, 5) is 4.31. The Morgan fingerprint density at radius 2 is 1.71 bits per heavy atom. The summed E-state index contributed by atoms with van der Waals surface area (Å²) in [6.07, 6.45) is 3.46. The first-order chi connectivity index (χ1) is 8.43. The molecule has 3 aromatic rings. The first-order valence-corrected chi connectivity index (χ1v) is 5.49. The van der Waals surface area contributed by atoms with Gasteiger partial charge in [-0.05, 0) is 35.4 Å². The second kappa shape index (κ2) is 4.26. The lowest BCUT2D eigenvalue weighted by Crippen LogP contribution is -1.83. The van der Waals surface area contributed by atoms with E-state index in [0.29, 0.717) is 0 Å². The third-order valence-corrected chi connectivity index (χ3v) is 2.64. The van der Waals surface area contributed by atoms with Crippen molar-refractivity contribution in [2.45, 2.75) is 0 Å². The van der Waals surface area contributed by atoms with E-state index < -0.39 is 0 Å². The van der Waals surface area contributed by atoms with Crippen molar-refractivity contribution in [2.24, 2.45) is 0 Å². The minimum absolute atomic E-state index is 0.794. The molecular formula is C15H11NO. The third-order valence-electron chi connectivity index (χ3n) is 2.64. The predicted octanol–water partition coefficient (Wildman–Crippen LogP) is 4.01. The van der Waals surface area contributed by atoms with Crippen LogP contribution >= 0.6 is 0 Å². The molecule has 0 N–H and O–H groups in total. The summed E-state index contributed by atoms with van der Waals surface area (Å²) in [6, 6.07) is 18.1. The molecule has 0 unspecified atom stereocenters. The van der Waals surface area contributed by atoms with E-state index in [1.165, 1.54) is 5.56 Å². The van der Waals surface area contributed by atoms with E-state index in [9.17, 15) is 0 Å². The zero-order valence-electron chi connectivity index (χ0n) is 9.21. The van der Waals surface area contributed by atoms with Crippen molar-refractivity contribution in [3.05, 3.63) is 67.1 Å². The molecular weight excluding hydrogens is 210 g/mol. The second-order valence-electron chi connectivity index (χ2n) is 3.77. The molecule has 0 radical (unpaired) electrons. The summed E-state index contributed by atoms with van der Waals surface area (Å²) in [6.45, 7) is 0. The Balaban J connectivity index is 2.06. The molecule has 2 aromatic heterocycles. The first kappa shape index (κ1) is 9.85. The molecule has 0 bridgehead atoms. The van der Waals surface area contributed by atoms with Crippen LogP contribution < -0.4 is 0 Å². The van der Waals surface area contributed by atoms with Crippen molar-refractivity contribution in [2.75, 3.05) is 0 Å². The molecule has 0 saturated heterocycles. The van der Waals surface area contributed by atoms with E-state index >= 15 is 0 Å². The van der Waals surface area contributed by atoms with Crippen molar-refractivity contribution in [3.63, 3.8) is 0 Å². The van der Waals surface area contributed by atoms with Crippen LogP contribution in [-0.4, -0.2) is 4.98 Å². The minimum atomic E-state index is 0.794. The molecule has 0 aliphatic carbocycles. The fraction of sp³-hybridized carbons (Fsp3) is 0. The van der Waals surface area contributed by atoms with E-state index in [4.69, 9.17) is 4.42 Å². The molecule has 1 aromatic carbocycles. The summed E-state index contributed by atoms with van der Waals surface area (Å²) >= 11 is 0. The largest absolute Gasteiger partial charge is 0.463 e. The van der Waals surface area contributed by atoms with Gasteiger partial charge in [0, 0.05) is 6.20 Å². The molecule has 2 heteroatoms. The number of aromatic nitrogens is 1. The molecule has 0 aliphatic rings. The Labute approximate surface area is 99.6 Å². The zero-order valence-corrected chi connectivity index (χ0v) is 9.21. The number of benzene rings is 1. The van der Waals surface area contributed by atoms with Gasteiger partial charge in [-0.25, -0.2) is 0 Å². The summed E-state index contributed by atoms with van der Waals surface area (Å²) in [5.41, 5.74) is 3.19. The molecule has 3 rings (SSSR count). The van der Waals surface area contributed by atoms with Gasteiger partial charge in [0.25, 0.3) is 0 Å². The molecule has 0 saturated carbocycles. The van der Waals surface area contributed by atoms with Crippen LogP contribution in [-0.2, 0) is 0 Å². The van der Waals surface area contributed by atoms with Gasteiger partial charge in [-0.15, -0.1) is 0 Å². The molecule has 2 heterocycles. The first-order valence-electron chi connectivity index (χ1n) is 5.49. The van der Waals surface area contributed by atoms with E-state index in [1.54, 1.807) is 12.5 Å². The molecule has 0 fully saturated rings. The van der Waals surface area contributed by atoms with Gasteiger partial charge >= 0.3 is 0 Å². The molecule has 0 aliphatic heterocycles. The van der Waals surface area contributed by atoms with E-state index in [0.717, 1.165) is 17.0 Å². The SMILES string of the molecule is c1ccc(-c2ccnc(-c3ccco3)c2)cc1. The third kappa shape index (κ3) is 1.97. The highest BCUT2D eigenvalue weighted by atomic mass is 16.3. The van der Waals surface area contributed by atoms with Crippen molar-refractivity contribution in [1.29, 1.82) is 0 Å². The standard InChI is InChI=1S/C15H11NO/c1-2-5-12(6-3-1)13-8-9-16-14(11-13)15-7-4-10-17-15/h1-11H. The number of pyridine rings is 1. The highest BCUT2D eigenvalue weighted by Gasteiger charge is 2.04. The maximum atomic E-state index is 5.35. The van der Waals surface area contributed by atoms with Crippen molar-refractivity contribution in [3.8, 4) is 22.6 Å². The lowest BCUT2D eigenvalue weighted by molar-refractivity contribution is 0.580. The smallest absolute Gasteiger partial charge is 0.152 e. The van der Waals surface area contributed by atoms with Gasteiger partial charge in [0.15, 0.2) is 5.76 Å². The predicted molar refractivity (Wildman–Crippen MR) is 67.4 cm³/mol. The molecule has 17 heavy (non-hydrogen) atoms. The van der Waals surface area contributed by atoms with E-state index in [2.05, 4.69) is 17.1 Å². The Hall–Kier alpha value is -2.35. The minimum Gasteiger partial charge on any atom is -0.463 e. The maximum absolute atomic E-state index is 5.35. The quantitative estimate of drug-likeness (QED) is 0.653. The van der Waals surface area contributed by atoms with E-state index in [-0.39, 0.29) is 0 Å². The highest BCUT2D eigenvalue weighted by molar-refractivity contribution is 5.68. The van der Waals surface area contributed by atoms with Gasteiger partial charge < -0.3 is 4.42 Å². The Bertz CT molecular complexity index is 600. The number of rotatable bonds is 2. The maximum Gasteiger partial charge on any atom is 0.152 e. The average molecular weight is 221 g/mol. The summed E-state index contributed by atoms with van der Waals surface area (Å²) in [5.74, 6) is 0.794. The van der Waals surface area contributed by atoms with Crippen LogP contribution in [0.25, 0.3) is 22.6 Å². The van der Waals surface area contributed by atoms with Crippen molar-refractivity contribution >= 4 is 0 Å². The number of nitrogens with zero attached hydrogens (tertiary/aromatic N) is 1. The van der Waals surface area contributed by atoms with Gasteiger partial charge in [-0.2, -0.15) is 0 Å². The van der Waals surface area contributed by atoms with Gasteiger partial charge in [0.2, 0.25) is 0 Å². The molecule has 2 nitrogen and oxygen atoms in total. The fourth-order valence-electron chi connectivity index (χ4n) is 1.80. The molecule has 82 valence electrons. The van der Waals surface area contributed by atoms with Crippen LogP contribution in [0.5, 0.6) is 0 Å². The second-order valence-corrected chi connectivity index (χ2v) is 3.77.